The Labute approximate surface area is 189 Å². The standard InChI is InChI=1S/C21H33N5O5S/c1-15(2)20(28)25-6-4-21(5-7-25)12-17(19-22-16(3)23-31-19)26(14-21)13-18(27)24-8-10-32(29,30)11-9-24/h15,17H,4-14H2,1-3H3. The van der Waals surface area contributed by atoms with Gasteiger partial charge >= 0.3 is 0 Å². The Hall–Kier alpha value is -2.01. The molecule has 1 aromatic heterocycles. The van der Waals surface area contributed by atoms with Crippen molar-refractivity contribution >= 4 is 21.7 Å². The second-order valence-corrected chi connectivity index (χ2v) is 12.1. The van der Waals surface area contributed by atoms with Crippen LogP contribution in [0.5, 0.6) is 0 Å². The van der Waals surface area contributed by atoms with Gasteiger partial charge in [0, 0.05) is 38.6 Å². The molecule has 4 heterocycles. The van der Waals surface area contributed by atoms with E-state index in [0.717, 1.165) is 38.9 Å². The highest BCUT2D eigenvalue weighted by Crippen LogP contribution is 2.48. The van der Waals surface area contributed by atoms with Crippen LogP contribution < -0.4 is 0 Å². The molecule has 3 saturated heterocycles. The van der Waals surface area contributed by atoms with Gasteiger partial charge in [-0.05, 0) is 31.6 Å². The molecular weight excluding hydrogens is 434 g/mol. The van der Waals surface area contributed by atoms with Gasteiger partial charge in [0.1, 0.15) is 0 Å². The summed E-state index contributed by atoms with van der Waals surface area (Å²) in [7, 11) is -3.04. The van der Waals surface area contributed by atoms with Gasteiger partial charge in [-0.3, -0.25) is 14.5 Å². The number of aromatic nitrogens is 2. The smallest absolute Gasteiger partial charge is 0.244 e. The number of aryl methyl sites for hydroxylation is 1. The minimum absolute atomic E-state index is 0.00762. The van der Waals surface area contributed by atoms with Gasteiger partial charge in [-0.25, -0.2) is 8.42 Å². The van der Waals surface area contributed by atoms with Crippen LogP contribution in [0.3, 0.4) is 0 Å². The number of rotatable bonds is 4. The predicted molar refractivity (Wildman–Crippen MR) is 116 cm³/mol. The fourth-order valence-corrected chi connectivity index (χ4v) is 6.37. The summed E-state index contributed by atoms with van der Waals surface area (Å²) in [5, 5.41) is 3.94. The maximum Gasteiger partial charge on any atom is 0.244 e. The minimum Gasteiger partial charge on any atom is -0.342 e. The molecule has 3 aliphatic heterocycles. The number of sulfone groups is 1. The summed E-state index contributed by atoms with van der Waals surface area (Å²) in [5.41, 5.74) is -0.00762. The average molecular weight is 468 g/mol. The summed E-state index contributed by atoms with van der Waals surface area (Å²) in [4.78, 5) is 35.6. The molecular formula is C21H33N5O5S. The van der Waals surface area contributed by atoms with Gasteiger partial charge in [0.05, 0.1) is 24.1 Å². The summed E-state index contributed by atoms with van der Waals surface area (Å²) >= 11 is 0. The van der Waals surface area contributed by atoms with Crippen LogP contribution in [0.25, 0.3) is 0 Å². The van der Waals surface area contributed by atoms with Gasteiger partial charge in [-0.15, -0.1) is 0 Å². The molecule has 32 heavy (non-hydrogen) atoms. The van der Waals surface area contributed by atoms with Gasteiger partial charge in [0.15, 0.2) is 15.7 Å². The summed E-state index contributed by atoms with van der Waals surface area (Å²) < 4.78 is 28.9. The first-order valence-electron chi connectivity index (χ1n) is 11.4. The maximum atomic E-state index is 13.0. The fraction of sp³-hybridized carbons (Fsp3) is 0.810. The Morgan fingerprint density at radius 3 is 2.34 bits per heavy atom. The van der Waals surface area contributed by atoms with E-state index in [2.05, 4.69) is 15.0 Å². The molecule has 10 nitrogen and oxygen atoms in total. The third-order valence-corrected chi connectivity index (χ3v) is 8.71. The molecule has 0 bridgehead atoms. The minimum atomic E-state index is -3.04. The molecule has 1 spiro atoms. The van der Waals surface area contributed by atoms with Crippen molar-refractivity contribution in [2.75, 3.05) is 50.8 Å². The highest BCUT2D eigenvalue weighted by atomic mass is 32.2. The number of carbonyl (C=O) groups excluding carboxylic acids is 2. The summed E-state index contributed by atoms with van der Waals surface area (Å²) in [6, 6.07) is -0.152. The van der Waals surface area contributed by atoms with Crippen LogP contribution in [-0.2, 0) is 19.4 Å². The molecule has 4 rings (SSSR count). The van der Waals surface area contributed by atoms with E-state index in [1.807, 2.05) is 18.7 Å². The van der Waals surface area contributed by atoms with E-state index in [4.69, 9.17) is 4.52 Å². The van der Waals surface area contributed by atoms with Crippen LogP contribution in [0, 0.1) is 18.3 Å². The second-order valence-electron chi connectivity index (χ2n) is 9.82. The van der Waals surface area contributed by atoms with Crippen molar-refractivity contribution in [2.45, 2.75) is 46.1 Å². The number of hydrogen-bond acceptors (Lipinski definition) is 8. The summed E-state index contributed by atoms with van der Waals surface area (Å²) in [6.45, 7) is 8.48. The lowest BCUT2D eigenvalue weighted by Gasteiger charge is -2.40. The molecule has 0 N–H and O–H groups in total. The summed E-state index contributed by atoms with van der Waals surface area (Å²) in [6.07, 6.45) is 2.56. The Balaban J connectivity index is 1.46. The Morgan fingerprint density at radius 2 is 1.78 bits per heavy atom. The number of amides is 2. The zero-order valence-electron chi connectivity index (χ0n) is 19.1. The molecule has 0 radical (unpaired) electrons. The first-order chi connectivity index (χ1) is 15.1. The Kier molecular flexibility index (Phi) is 6.32. The van der Waals surface area contributed by atoms with Gasteiger partial charge in [0.2, 0.25) is 17.7 Å². The topological polar surface area (TPSA) is 117 Å². The Morgan fingerprint density at radius 1 is 1.12 bits per heavy atom. The van der Waals surface area contributed by atoms with E-state index in [1.165, 1.54) is 0 Å². The van der Waals surface area contributed by atoms with Crippen molar-refractivity contribution in [1.29, 1.82) is 0 Å². The van der Waals surface area contributed by atoms with Gasteiger partial charge in [-0.1, -0.05) is 19.0 Å². The molecule has 3 aliphatic rings. The number of carbonyl (C=O) groups is 2. The molecule has 178 valence electrons. The number of hydrogen-bond donors (Lipinski definition) is 0. The van der Waals surface area contributed by atoms with Crippen LogP contribution >= 0.6 is 0 Å². The van der Waals surface area contributed by atoms with E-state index in [0.29, 0.717) is 11.7 Å². The monoisotopic (exact) mass is 467 g/mol. The molecule has 1 unspecified atom stereocenters. The quantitative estimate of drug-likeness (QED) is 0.634. The van der Waals surface area contributed by atoms with Gasteiger partial charge < -0.3 is 14.3 Å². The first kappa shape index (κ1) is 23.2. The zero-order chi connectivity index (χ0) is 23.1. The summed E-state index contributed by atoms with van der Waals surface area (Å²) in [5.74, 6) is 1.24. The molecule has 0 aromatic carbocycles. The molecule has 11 heteroatoms. The Bertz CT molecular complexity index is 953. The number of nitrogens with zero attached hydrogens (tertiary/aromatic N) is 5. The normalized spacial score (nSPS) is 25.6. The van der Waals surface area contributed by atoms with E-state index in [1.54, 1.807) is 11.8 Å². The zero-order valence-corrected chi connectivity index (χ0v) is 19.9. The van der Waals surface area contributed by atoms with Gasteiger partial charge in [0.25, 0.3) is 0 Å². The first-order valence-corrected chi connectivity index (χ1v) is 13.2. The largest absolute Gasteiger partial charge is 0.342 e. The molecule has 1 aromatic rings. The van der Waals surface area contributed by atoms with Crippen LogP contribution in [0.4, 0.5) is 0 Å². The highest BCUT2D eigenvalue weighted by Gasteiger charge is 2.49. The van der Waals surface area contributed by atoms with Crippen LogP contribution in [0.1, 0.15) is 50.9 Å². The van der Waals surface area contributed by atoms with Crippen LogP contribution in [0.15, 0.2) is 4.52 Å². The van der Waals surface area contributed by atoms with Crippen molar-refractivity contribution in [3.63, 3.8) is 0 Å². The third-order valence-electron chi connectivity index (χ3n) is 7.10. The highest BCUT2D eigenvalue weighted by molar-refractivity contribution is 7.91. The molecule has 0 saturated carbocycles. The van der Waals surface area contributed by atoms with Crippen LogP contribution in [0.2, 0.25) is 0 Å². The van der Waals surface area contributed by atoms with E-state index >= 15 is 0 Å². The lowest BCUT2D eigenvalue weighted by Crippen LogP contribution is -2.48. The maximum absolute atomic E-state index is 13.0. The third kappa shape index (κ3) is 4.83. The van der Waals surface area contributed by atoms with Crippen molar-refractivity contribution in [2.24, 2.45) is 11.3 Å². The number of piperidine rings is 1. The van der Waals surface area contributed by atoms with E-state index < -0.39 is 9.84 Å². The lowest BCUT2D eigenvalue weighted by molar-refractivity contribution is -0.136. The molecule has 2 amide bonds. The second kappa shape index (κ2) is 8.74. The van der Waals surface area contributed by atoms with E-state index in [9.17, 15) is 18.0 Å². The average Bonchev–Trinajstić information content (AvgIpc) is 3.31. The lowest BCUT2D eigenvalue weighted by atomic mass is 9.76. The van der Waals surface area contributed by atoms with Gasteiger partial charge in [-0.2, -0.15) is 4.98 Å². The predicted octanol–water partition coefficient (Wildman–Crippen LogP) is 0.647. The SMILES string of the molecule is Cc1noc(C2CC3(CCN(C(=O)C(C)C)CC3)CN2CC(=O)N2CCS(=O)(=O)CC2)n1. The fourth-order valence-electron chi connectivity index (χ4n) is 5.17. The van der Waals surface area contributed by atoms with Crippen molar-refractivity contribution in [1.82, 2.24) is 24.8 Å². The van der Waals surface area contributed by atoms with E-state index in [-0.39, 0.29) is 60.3 Å². The molecule has 0 aliphatic carbocycles. The van der Waals surface area contributed by atoms with Crippen LogP contribution in [-0.4, -0.2) is 95.8 Å². The molecule has 1 atom stereocenters. The number of likely N-dealkylation sites (tertiary alicyclic amines) is 2. The van der Waals surface area contributed by atoms with Crippen molar-refractivity contribution < 1.29 is 22.5 Å². The van der Waals surface area contributed by atoms with Crippen molar-refractivity contribution in [3.8, 4) is 0 Å². The van der Waals surface area contributed by atoms with Crippen molar-refractivity contribution in [3.05, 3.63) is 11.7 Å². The molecule has 3 fully saturated rings.